The molecule has 0 radical (unpaired) electrons. The Morgan fingerprint density at radius 2 is 0.919 bits per heavy atom. The molecule has 0 heterocycles. The zero-order valence-electron chi connectivity index (χ0n) is 20.2. The third-order valence-electron chi connectivity index (χ3n) is 7.38. The van der Waals surface area contributed by atoms with E-state index in [2.05, 4.69) is 84.9 Å². The number of nitrogens with two attached hydrogens (primary N) is 3. The zero-order valence-corrected chi connectivity index (χ0v) is 20.2. The van der Waals surface area contributed by atoms with Crippen LogP contribution in [0.25, 0.3) is 65.3 Å². The summed E-state index contributed by atoms with van der Waals surface area (Å²) in [7, 11) is 0. The molecule has 0 unspecified atom stereocenters. The van der Waals surface area contributed by atoms with Crippen molar-refractivity contribution in [2.75, 3.05) is 17.2 Å². The maximum absolute atomic E-state index is 6.60. The maximum atomic E-state index is 6.60. The summed E-state index contributed by atoms with van der Waals surface area (Å²) in [5, 5.41) is 9.34. The van der Waals surface area contributed by atoms with E-state index in [4.69, 9.17) is 17.2 Å². The average molecular weight is 476 g/mol. The summed E-state index contributed by atoms with van der Waals surface area (Å²) in [4.78, 5) is 0. The van der Waals surface area contributed by atoms with Crippen molar-refractivity contribution < 1.29 is 0 Å². The van der Waals surface area contributed by atoms with Gasteiger partial charge in [0.05, 0.1) is 0 Å². The van der Waals surface area contributed by atoms with Gasteiger partial charge in [-0.05, 0) is 120 Å². The molecule has 37 heavy (non-hydrogen) atoms. The molecule has 0 aliphatic heterocycles. The Morgan fingerprint density at radius 1 is 0.351 bits per heavy atom. The van der Waals surface area contributed by atoms with E-state index in [-0.39, 0.29) is 0 Å². The van der Waals surface area contributed by atoms with Gasteiger partial charge in [0.25, 0.3) is 0 Å². The van der Waals surface area contributed by atoms with Crippen LogP contribution in [0.2, 0.25) is 0 Å². The molecule has 0 amide bonds. The molecule has 7 rings (SSSR count). The molecular weight excluding hydrogens is 450 g/mol. The molecule has 3 nitrogen and oxygen atoms in total. The highest BCUT2D eigenvalue weighted by Gasteiger charge is 2.12. The second-order valence-electron chi connectivity index (χ2n) is 9.77. The van der Waals surface area contributed by atoms with E-state index >= 15 is 0 Å². The van der Waals surface area contributed by atoms with Crippen molar-refractivity contribution in [2.45, 2.75) is 0 Å². The van der Waals surface area contributed by atoms with Crippen molar-refractivity contribution in [2.24, 2.45) is 0 Å². The standard InChI is InChI=1S/C34H25N3/c35-27-10-7-20-17-31-22(13-25(20)15-27)3-1-5-29(31)24-9-12-34(37)33(19-24)30-6-2-4-23-14-26-16-28(36)11-8-21(26)18-32(23)30/h1-19H,35-37H2. The van der Waals surface area contributed by atoms with Gasteiger partial charge in [-0.15, -0.1) is 0 Å². The minimum absolute atomic E-state index is 0.759. The van der Waals surface area contributed by atoms with Gasteiger partial charge in [0.1, 0.15) is 0 Å². The highest BCUT2D eigenvalue weighted by atomic mass is 14.6. The largest absolute Gasteiger partial charge is 0.399 e. The SMILES string of the molecule is Nc1ccc2cc3c(-c4ccc(N)c(-c5cccc6cc7cc(N)ccc7cc56)c4)cccc3cc2c1. The van der Waals surface area contributed by atoms with Crippen LogP contribution in [0.5, 0.6) is 0 Å². The molecule has 3 heteroatoms. The first-order chi connectivity index (χ1) is 18.0. The molecule has 0 aliphatic rings. The van der Waals surface area contributed by atoms with Gasteiger partial charge in [0, 0.05) is 22.6 Å². The van der Waals surface area contributed by atoms with E-state index < -0.39 is 0 Å². The monoisotopic (exact) mass is 475 g/mol. The topological polar surface area (TPSA) is 78.1 Å². The van der Waals surface area contributed by atoms with Crippen molar-refractivity contribution >= 4 is 60.2 Å². The number of nitrogen functional groups attached to an aromatic ring is 3. The van der Waals surface area contributed by atoms with Crippen LogP contribution in [-0.4, -0.2) is 0 Å². The molecule has 0 aliphatic carbocycles. The van der Waals surface area contributed by atoms with E-state index in [0.717, 1.165) is 55.3 Å². The molecule has 7 aromatic rings. The van der Waals surface area contributed by atoms with Crippen LogP contribution in [0.15, 0.2) is 115 Å². The first kappa shape index (κ1) is 21.3. The zero-order chi connectivity index (χ0) is 25.1. The van der Waals surface area contributed by atoms with E-state index in [1.165, 1.54) is 27.1 Å². The first-order valence-corrected chi connectivity index (χ1v) is 12.4. The molecule has 0 aromatic heterocycles. The number of fused-ring (bicyclic) bond motifs is 4. The van der Waals surface area contributed by atoms with Crippen molar-refractivity contribution in [1.82, 2.24) is 0 Å². The minimum atomic E-state index is 0.759. The van der Waals surface area contributed by atoms with Gasteiger partial charge in [0.2, 0.25) is 0 Å². The summed E-state index contributed by atoms with van der Waals surface area (Å²) in [6.45, 7) is 0. The maximum Gasteiger partial charge on any atom is 0.0394 e. The molecule has 0 fully saturated rings. The molecule has 0 atom stereocenters. The highest BCUT2D eigenvalue weighted by molar-refractivity contribution is 6.09. The fraction of sp³-hybridized carbons (Fsp3) is 0. The van der Waals surface area contributed by atoms with E-state index in [9.17, 15) is 0 Å². The Kier molecular flexibility index (Phi) is 4.60. The number of hydrogen-bond acceptors (Lipinski definition) is 3. The third kappa shape index (κ3) is 3.52. The van der Waals surface area contributed by atoms with Crippen LogP contribution < -0.4 is 17.2 Å². The number of rotatable bonds is 2. The fourth-order valence-corrected chi connectivity index (χ4v) is 5.53. The highest BCUT2D eigenvalue weighted by Crippen LogP contribution is 2.39. The molecular formula is C34H25N3. The van der Waals surface area contributed by atoms with Crippen molar-refractivity contribution in [3.63, 3.8) is 0 Å². The number of hydrogen-bond donors (Lipinski definition) is 3. The number of benzene rings is 7. The van der Waals surface area contributed by atoms with Gasteiger partial charge >= 0.3 is 0 Å². The van der Waals surface area contributed by atoms with Crippen LogP contribution in [0.3, 0.4) is 0 Å². The average Bonchev–Trinajstić information content (AvgIpc) is 2.90. The fourth-order valence-electron chi connectivity index (χ4n) is 5.53. The lowest BCUT2D eigenvalue weighted by molar-refractivity contribution is 1.62. The lowest BCUT2D eigenvalue weighted by atomic mass is 9.90. The summed E-state index contributed by atoms with van der Waals surface area (Å²) >= 11 is 0. The summed E-state index contributed by atoms with van der Waals surface area (Å²) in [6.07, 6.45) is 0. The summed E-state index contributed by atoms with van der Waals surface area (Å²) in [5.41, 5.74) is 25.4. The summed E-state index contributed by atoms with van der Waals surface area (Å²) < 4.78 is 0. The molecule has 7 aromatic carbocycles. The molecule has 6 N–H and O–H groups in total. The van der Waals surface area contributed by atoms with E-state index in [1.54, 1.807) is 0 Å². The van der Waals surface area contributed by atoms with Gasteiger partial charge in [-0.3, -0.25) is 0 Å². The molecule has 176 valence electrons. The summed E-state index contributed by atoms with van der Waals surface area (Å²) in [6, 6.07) is 40.2. The van der Waals surface area contributed by atoms with Gasteiger partial charge in [0.15, 0.2) is 0 Å². The second kappa shape index (κ2) is 8.00. The van der Waals surface area contributed by atoms with Crippen molar-refractivity contribution in [1.29, 1.82) is 0 Å². The van der Waals surface area contributed by atoms with Gasteiger partial charge in [-0.1, -0.05) is 54.6 Å². The van der Waals surface area contributed by atoms with Crippen LogP contribution >= 0.6 is 0 Å². The first-order valence-electron chi connectivity index (χ1n) is 12.4. The Labute approximate surface area is 214 Å². The Bertz CT molecular complexity index is 2020. The van der Waals surface area contributed by atoms with Gasteiger partial charge in [-0.25, -0.2) is 0 Å². The normalized spacial score (nSPS) is 11.6. The van der Waals surface area contributed by atoms with Crippen LogP contribution in [-0.2, 0) is 0 Å². The molecule has 0 bridgehead atoms. The van der Waals surface area contributed by atoms with Gasteiger partial charge in [-0.2, -0.15) is 0 Å². The Morgan fingerprint density at radius 3 is 1.54 bits per heavy atom. The third-order valence-corrected chi connectivity index (χ3v) is 7.38. The van der Waals surface area contributed by atoms with Crippen LogP contribution in [0.4, 0.5) is 17.1 Å². The number of anilines is 3. The lowest BCUT2D eigenvalue weighted by Gasteiger charge is -2.14. The smallest absolute Gasteiger partial charge is 0.0394 e. The Hall–Kier alpha value is -5.02. The molecule has 0 saturated carbocycles. The van der Waals surface area contributed by atoms with E-state index in [0.29, 0.717) is 0 Å². The summed E-state index contributed by atoms with van der Waals surface area (Å²) in [5.74, 6) is 0. The van der Waals surface area contributed by atoms with Gasteiger partial charge < -0.3 is 17.2 Å². The van der Waals surface area contributed by atoms with Crippen molar-refractivity contribution in [3.8, 4) is 22.3 Å². The van der Waals surface area contributed by atoms with Crippen LogP contribution in [0, 0.1) is 0 Å². The predicted octanol–water partition coefficient (Wildman–Crippen LogP) is 8.38. The van der Waals surface area contributed by atoms with E-state index in [1.807, 2.05) is 30.3 Å². The lowest BCUT2D eigenvalue weighted by Crippen LogP contribution is -1.93. The Balaban J connectivity index is 1.44. The predicted molar refractivity (Wildman–Crippen MR) is 161 cm³/mol. The quantitative estimate of drug-likeness (QED) is 0.174. The van der Waals surface area contributed by atoms with Crippen molar-refractivity contribution in [3.05, 3.63) is 115 Å². The second-order valence-corrected chi connectivity index (χ2v) is 9.77. The van der Waals surface area contributed by atoms with Crippen LogP contribution in [0.1, 0.15) is 0 Å². The minimum Gasteiger partial charge on any atom is -0.399 e. The molecule has 0 saturated heterocycles. The molecule has 0 spiro atoms.